The first-order valence-electron chi connectivity index (χ1n) is 6.52. The summed E-state index contributed by atoms with van der Waals surface area (Å²) in [4.78, 5) is 12.3. The van der Waals surface area contributed by atoms with Crippen LogP contribution in [0.4, 0.5) is 0 Å². The lowest BCUT2D eigenvalue weighted by molar-refractivity contribution is -0.109. The maximum atomic E-state index is 10.00. The highest BCUT2D eigenvalue weighted by atomic mass is 16.5. The number of ether oxygens (including phenoxy) is 1. The Morgan fingerprint density at radius 1 is 1.35 bits per heavy atom. The molecule has 1 fully saturated rings. The number of hydrogen-bond donors (Lipinski definition) is 1. The molecule has 0 radical (unpaired) electrons. The van der Waals surface area contributed by atoms with Crippen LogP contribution in [0, 0.1) is 5.92 Å². The smallest absolute Gasteiger partial charge is 0.207 e. The van der Waals surface area contributed by atoms with E-state index in [0.29, 0.717) is 6.10 Å². The van der Waals surface area contributed by atoms with Crippen LogP contribution in [0.25, 0.3) is 0 Å². The predicted molar refractivity (Wildman–Crippen MR) is 71.0 cm³/mol. The first kappa shape index (κ1) is 16.4. The van der Waals surface area contributed by atoms with Crippen LogP contribution in [0.15, 0.2) is 0 Å². The molecule has 1 amide bonds. The number of likely N-dealkylation sites (tertiary alicyclic amines) is 1. The van der Waals surface area contributed by atoms with Crippen LogP contribution in [-0.2, 0) is 9.53 Å². The average molecular weight is 244 g/mol. The number of carbonyl (C=O) groups is 1. The molecule has 0 bridgehead atoms. The van der Waals surface area contributed by atoms with Crippen LogP contribution >= 0.6 is 0 Å². The van der Waals surface area contributed by atoms with E-state index in [1.165, 1.54) is 0 Å². The Morgan fingerprint density at radius 2 is 1.88 bits per heavy atom. The molecule has 0 atom stereocenters. The minimum absolute atomic E-state index is 0.440. The molecule has 4 nitrogen and oxygen atoms in total. The largest absolute Gasteiger partial charge is 0.381 e. The Morgan fingerprint density at radius 3 is 2.29 bits per heavy atom. The van der Waals surface area contributed by atoms with Crippen molar-refractivity contribution in [2.45, 2.75) is 39.7 Å². The lowest BCUT2D eigenvalue weighted by Crippen LogP contribution is -2.40. The molecule has 17 heavy (non-hydrogen) atoms. The van der Waals surface area contributed by atoms with Crippen molar-refractivity contribution in [1.82, 2.24) is 10.2 Å². The lowest BCUT2D eigenvalue weighted by Gasteiger charge is -2.30. The van der Waals surface area contributed by atoms with Crippen LogP contribution in [0.5, 0.6) is 0 Å². The summed E-state index contributed by atoms with van der Waals surface area (Å²) in [5, 5.41) is 2.67. The van der Waals surface area contributed by atoms with Crippen LogP contribution in [0.1, 0.15) is 33.6 Å². The Kier molecular flexibility index (Phi) is 10.2. The highest BCUT2D eigenvalue weighted by molar-refractivity contribution is 5.45. The average Bonchev–Trinajstić information content (AvgIpc) is 2.30. The number of piperidine rings is 1. The van der Waals surface area contributed by atoms with E-state index in [4.69, 9.17) is 4.74 Å². The van der Waals surface area contributed by atoms with E-state index in [0.717, 1.165) is 51.3 Å². The molecule has 0 aromatic heterocycles. The molecule has 1 aliphatic rings. The van der Waals surface area contributed by atoms with Crippen molar-refractivity contribution < 1.29 is 9.53 Å². The molecule has 0 saturated carbocycles. The van der Waals surface area contributed by atoms with Crippen molar-refractivity contribution in [3.8, 4) is 0 Å². The number of nitrogens with zero attached hydrogens (tertiary/aromatic N) is 1. The molecule has 0 spiro atoms. The second kappa shape index (κ2) is 10.5. The summed E-state index contributed by atoms with van der Waals surface area (Å²) in [5.74, 6) is 0.833. The van der Waals surface area contributed by atoms with Gasteiger partial charge >= 0.3 is 0 Å². The molecule has 0 aliphatic carbocycles. The highest BCUT2D eigenvalue weighted by Crippen LogP contribution is 2.11. The normalized spacial score (nSPS) is 17.5. The topological polar surface area (TPSA) is 41.6 Å². The zero-order chi connectivity index (χ0) is 13.1. The molecular weight excluding hydrogens is 216 g/mol. The molecule has 1 N–H and O–H groups in total. The second-order valence-corrected chi connectivity index (χ2v) is 5.08. The van der Waals surface area contributed by atoms with Gasteiger partial charge in [-0.3, -0.25) is 4.79 Å². The van der Waals surface area contributed by atoms with E-state index >= 15 is 0 Å². The number of carbonyl (C=O) groups excluding carboxylic acids is 1. The molecular formula is C13H28N2O2. The fraction of sp³-hybridized carbons (Fsp3) is 0.923. The van der Waals surface area contributed by atoms with E-state index < -0.39 is 0 Å². The first-order valence-corrected chi connectivity index (χ1v) is 6.52. The number of nitrogens with one attached hydrogen (secondary N) is 1. The van der Waals surface area contributed by atoms with Gasteiger partial charge < -0.3 is 15.0 Å². The van der Waals surface area contributed by atoms with Crippen molar-refractivity contribution in [3.63, 3.8) is 0 Å². The first-order chi connectivity index (χ1) is 8.10. The number of amides is 1. The molecule has 102 valence electrons. The summed E-state index contributed by atoms with van der Waals surface area (Å²) in [5.41, 5.74) is 0. The minimum Gasteiger partial charge on any atom is -0.381 e. The van der Waals surface area contributed by atoms with Crippen molar-refractivity contribution in [2.75, 3.05) is 33.3 Å². The zero-order valence-electron chi connectivity index (χ0n) is 11.7. The summed E-state index contributed by atoms with van der Waals surface area (Å²) >= 11 is 0. The Bertz CT molecular complexity index is 176. The van der Waals surface area contributed by atoms with Gasteiger partial charge in [-0.05, 0) is 18.8 Å². The van der Waals surface area contributed by atoms with E-state index in [2.05, 4.69) is 31.0 Å². The number of methoxy groups -OCH3 is 1. The zero-order valence-corrected chi connectivity index (χ0v) is 11.7. The monoisotopic (exact) mass is 244 g/mol. The van der Waals surface area contributed by atoms with Crippen molar-refractivity contribution >= 4 is 6.41 Å². The summed E-state index contributed by atoms with van der Waals surface area (Å²) < 4.78 is 5.27. The Hall–Kier alpha value is -0.610. The van der Waals surface area contributed by atoms with Crippen LogP contribution in [0.2, 0.25) is 0 Å². The third-order valence-corrected chi connectivity index (χ3v) is 2.52. The van der Waals surface area contributed by atoms with Gasteiger partial charge in [-0.25, -0.2) is 0 Å². The van der Waals surface area contributed by atoms with Crippen LogP contribution in [-0.4, -0.2) is 50.7 Å². The molecule has 0 unspecified atom stereocenters. The van der Waals surface area contributed by atoms with Gasteiger partial charge in [0.05, 0.1) is 6.10 Å². The third kappa shape index (κ3) is 10.3. The van der Waals surface area contributed by atoms with Crippen molar-refractivity contribution in [2.24, 2.45) is 5.92 Å². The molecule has 1 rings (SSSR count). The van der Waals surface area contributed by atoms with Gasteiger partial charge in [-0.15, -0.1) is 0 Å². The van der Waals surface area contributed by atoms with Gasteiger partial charge in [0.25, 0.3) is 0 Å². The Balaban J connectivity index is 0.000000557. The second-order valence-electron chi connectivity index (χ2n) is 5.08. The molecule has 1 aliphatic heterocycles. The fourth-order valence-electron chi connectivity index (χ4n) is 1.65. The standard InChI is InChI=1S/C9H18N2O2.C4H10/c1-13-9-2-5-11(6-3-9)7-4-10-8-12;1-4(2)3/h8-9H,2-7H2,1H3,(H,10,12);4H,1-3H3. The number of hydrogen-bond acceptors (Lipinski definition) is 3. The summed E-state index contributed by atoms with van der Waals surface area (Å²) in [6.45, 7) is 10.4. The summed E-state index contributed by atoms with van der Waals surface area (Å²) in [6, 6.07) is 0. The summed E-state index contributed by atoms with van der Waals surface area (Å²) in [7, 11) is 1.77. The maximum Gasteiger partial charge on any atom is 0.207 e. The molecule has 4 heteroatoms. The van der Waals surface area contributed by atoms with Crippen molar-refractivity contribution in [3.05, 3.63) is 0 Å². The predicted octanol–water partition coefficient (Wildman–Crippen LogP) is 1.51. The SMILES string of the molecule is CC(C)C.COC1CCN(CCNC=O)CC1. The molecule has 1 heterocycles. The van der Waals surface area contributed by atoms with Crippen LogP contribution < -0.4 is 5.32 Å². The quantitative estimate of drug-likeness (QED) is 0.589. The minimum atomic E-state index is 0.440. The van der Waals surface area contributed by atoms with Crippen molar-refractivity contribution in [1.29, 1.82) is 0 Å². The maximum absolute atomic E-state index is 10.00. The van der Waals surface area contributed by atoms with Gasteiger partial charge in [-0.2, -0.15) is 0 Å². The Labute approximate surface area is 106 Å². The van der Waals surface area contributed by atoms with Gasteiger partial charge in [0, 0.05) is 33.3 Å². The number of rotatable bonds is 5. The third-order valence-electron chi connectivity index (χ3n) is 2.52. The van der Waals surface area contributed by atoms with E-state index in [1.54, 1.807) is 7.11 Å². The lowest BCUT2D eigenvalue weighted by atomic mass is 10.1. The van der Waals surface area contributed by atoms with Gasteiger partial charge in [0.15, 0.2) is 0 Å². The van der Waals surface area contributed by atoms with E-state index in [1.807, 2.05) is 0 Å². The molecule has 1 saturated heterocycles. The fourth-order valence-corrected chi connectivity index (χ4v) is 1.65. The molecule has 0 aromatic rings. The summed E-state index contributed by atoms with van der Waals surface area (Å²) in [6.07, 6.45) is 3.41. The van der Waals surface area contributed by atoms with E-state index in [9.17, 15) is 4.79 Å². The van der Waals surface area contributed by atoms with Gasteiger partial charge in [-0.1, -0.05) is 20.8 Å². The highest BCUT2D eigenvalue weighted by Gasteiger charge is 2.17. The van der Waals surface area contributed by atoms with E-state index in [-0.39, 0.29) is 0 Å². The van der Waals surface area contributed by atoms with Gasteiger partial charge in [0.2, 0.25) is 6.41 Å². The molecule has 0 aromatic carbocycles. The van der Waals surface area contributed by atoms with Crippen LogP contribution in [0.3, 0.4) is 0 Å². The van der Waals surface area contributed by atoms with Gasteiger partial charge in [0.1, 0.15) is 0 Å².